The van der Waals surface area contributed by atoms with Gasteiger partial charge in [-0.15, -0.1) is 0 Å². The monoisotopic (exact) mass is 278 g/mol. The second kappa shape index (κ2) is 3.62. The summed E-state index contributed by atoms with van der Waals surface area (Å²) in [5.41, 5.74) is 0.324. The molecular formula is C12H6O6S. The van der Waals surface area contributed by atoms with Crippen LogP contribution in [0.3, 0.4) is 0 Å². The van der Waals surface area contributed by atoms with E-state index in [0.29, 0.717) is 5.56 Å². The lowest BCUT2D eigenvalue weighted by atomic mass is 9.89. The van der Waals surface area contributed by atoms with E-state index in [1.165, 1.54) is 12.1 Å². The molecule has 0 amide bonds. The maximum absolute atomic E-state index is 11.8. The molecule has 2 aromatic rings. The van der Waals surface area contributed by atoms with Crippen molar-refractivity contribution in [2.45, 2.75) is 5.09 Å². The lowest BCUT2D eigenvalue weighted by molar-refractivity contribution is 0.0814. The first-order valence-electron chi connectivity index (χ1n) is 5.19. The number of carbonyl (C=O) groups excluding carboxylic acids is 2. The van der Waals surface area contributed by atoms with Crippen LogP contribution in [-0.2, 0) is 10.1 Å². The molecule has 0 saturated heterocycles. The molecule has 0 fully saturated rings. The van der Waals surface area contributed by atoms with Crippen LogP contribution in [0, 0.1) is 0 Å². The van der Waals surface area contributed by atoms with Crippen molar-refractivity contribution in [2.24, 2.45) is 0 Å². The number of furan rings is 1. The number of hydrogen-bond donors (Lipinski definition) is 1. The van der Waals surface area contributed by atoms with Crippen LogP contribution in [0.5, 0.6) is 0 Å². The van der Waals surface area contributed by atoms with Crippen molar-refractivity contribution in [2.75, 3.05) is 0 Å². The third-order valence-electron chi connectivity index (χ3n) is 2.83. The number of hydrogen-bond acceptors (Lipinski definition) is 5. The van der Waals surface area contributed by atoms with Gasteiger partial charge in [0.2, 0.25) is 16.7 Å². The van der Waals surface area contributed by atoms with E-state index in [1.54, 1.807) is 12.1 Å². The van der Waals surface area contributed by atoms with Crippen LogP contribution in [0.4, 0.5) is 0 Å². The molecule has 0 radical (unpaired) electrons. The molecule has 7 heteroatoms. The highest BCUT2D eigenvalue weighted by molar-refractivity contribution is 7.85. The van der Waals surface area contributed by atoms with Gasteiger partial charge in [0.25, 0.3) is 0 Å². The van der Waals surface area contributed by atoms with E-state index in [0.717, 1.165) is 6.07 Å². The van der Waals surface area contributed by atoms with E-state index in [2.05, 4.69) is 0 Å². The SMILES string of the molecule is O=C1C(=O)c2cc(S(=O)(=O)O)oc2-c2ccccc21. The molecule has 0 saturated carbocycles. The Morgan fingerprint density at radius 2 is 1.53 bits per heavy atom. The fourth-order valence-electron chi connectivity index (χ4n) is 1.99. The van der Waals surface area contributed by atoms with Crippen LogP contribution in [-0.4, -0.2) is 24.5 Å². The largest absolute Gasteiger partial charge is 0.441 e. The zero-order chi connectivity index (χ0) is 13.8. The van der Waals surface area contributed by atoms with Crippen LogP contribution in [0.1, 0.15) is 20.7 Å². The van der Waals surface area contributed by atoms with Crippen molar-refractivity contribution in [1.29, 1.82) is 0 Å². The highest BCUT2D eigenvalue weighted by Gasteiger charge is 2.35. The van der Waals surface area contributed by atoms with Gasteiger partial charge in [-0.3, -0.25) is 14.1 Å². The summed E-state index contributed by atoms with van der Waals surface area (Å²) < 4.78 is 36.0. The Hall–Kier alpha value is -2.25. The zero-order valence-electron chi connectivity index (χ0n) is 9.28. The molecule has 6 nitrogen and oxygen atoms in total. The van der Waals surface area contributed by atoms with Crippen molar-refractivity contribution in [3.8, 4) is 11.3 Å². The van der Waals surface area contributed by atoms with E-state index in [4.69, 9.17) is 8.97 Å². The van der Waals surface area contributed by atoms with Gasteiger partial charge in [0.15, 0.2) is 0 Å². The van der Waals surface area contributed by atoms with Gasteiger partial charge in [-0.05, 0) is 0 Å². The van der Waals surface area contributed by atoms with Gasteiger partial charge in [0.1, 0.15) is 5.76 Å². The van der Waals surface area contributed by atoms with Crippen molar-refractivity contribution in [3.63, 3.8) is 0 Å². The molecule has 1 aromatic heterocycles. The molecule has 1 aliphatic rings. The predicted octanol–water partition coefficient (Wildman–Crippen LogP) is 1.57. The molecule has 1 aliphatic carbocycles. The second-order valence-electron chi connectivity index (χ2n) is 3.99. The summed E-state index contributed by atoms with van der Waals surface area (Å²) in [6.45, 7) is 0. The highest BCUT2D eigenvalue weighted by atomic mass is 32.2. The molecule has 0 unspecified atom stereocenters. The molecule has 0 bridgehead atoms. The minimum absolute atomic E-state index is 0.0205. The van der Waals surface area contributed by atoms with Gasteiger partial charge >= 0.3 is 10.1 Å². The number of rotatable bonds is 1. The second-order valence-corrected chi connectivity index (χ2v) is 5.34. The number of ketones is 2. The van der Waals surface area contributed by atoms with Crippen LogP contribution < -0.4 is 0 Å². The number of Topliss-reactive ketones (excluding diaryl/α,β-unsaturated/α-hetero) is 2. The lowest BCUT2D eigenvalue weighted by Gasteiger charge is -2.11. The van der Waals surface area contributed by atoms with E-state index in [-0.39, 0.29) is 16.9 Å². The molecule has 1 heterocycles. The number of benzene rings is 1. The van der Waals surface area contributed by atoms with Crippen LogP contribution in [0.2, 0.25) is 0 Å². The summed E-state index contributed by atoms with van der Waals surface area (Å²) in [6, 6.07) is 7.06. The van der Waals surface area contributed by atoms with Crippen LogP contribution in [0.25, 0.3) is 11.3 Å². The van der Waals surface area contributed by atoms with E-state index >= 15 is 0 Å². The van der Waals surface area contributed by atoms with Crippen LogP contribution >= 0.6 is 0 Å². The summed E-state index contributed by atoms with van der Waals surface area (Å²) in [5, 5.41) is -0.754. The average molecular weight is 278 g/mol. The Morgan fingerprint density at radius 3 is 2.16 bits per heavy atom. The van der Waals surface area contributed by atoms with Gasteiger partial charge in [0.05, 0.1) is 5.56 Å². The molecule has 96 valence electrons. The summed E-state index contributed by atoms with van der Waals surface area (Å²) in [7, 11) is -4.57. The third kappa shape index (κ3) is 1.63. The quantitative estimate of drug-likeness (QED) is 0.627. The molecule has 19 heavy (non-hydrogen) atoms. The van der Waals surface area contributed by atoms with Gasteiger partial charge in [-0.25, -0.2) is 0 Å². The van der Waals surface area contributed by atoms with Crippen molar-refractivity contribution >= 4 is 21.7 Å². The first-order valence-corrected chi connectivity index (χ1v) is 6.63. The topological polar surface area (TPSA) is 102 Å². The molecule has 1 aromatic carbocycles. The average Bonchev–Trinajstić information content (AvgIpc) is 2.81. The minimum Gasteiger partial charge on any atom is -0.441 e. The molecule has 3 rings (SSSR count). The van der Waals surface area contributed by atoms with Crippen molar-refractivity contribution in [1.82, 2.24) is 0 Å². The highest BCUT2D eigenvalue weighted by Crippen LogP contribution is 2.36. The fourth-order valence-corrected chi connectivity index (χ4v) is 2.44. The number of fused-ring (bicyclic) bond motifs is 3. The summed E-state index contributed by atoms with van der Waals surface area (Å²) in [4.78, 5) is 23.7. The first-order chi connectivity index (χ1) is 8.89. The summed E-state index contributed by atoms with van der Waals surface area (Å²) in [6.07, 6.45) is 0. The molecule has 0 spiro atoms. The lowest BCUT2D eigenvalue weighted by Crippen LogP contribution is -2.19. The molecule has 0 aliphatic heterocycles. The van der Waals surface area contributed by atoms with Crippen molar-refractivity contribution in [3.05, 3.63) is 41.5 Å². The predicted molar refractivity (Wildman–Crippen MR) is 62.6 cm³/mol. The normalized spacial score (nSPS) is 14.2. The summed E-state index contributed by atoms with van der Waals surface area (Å²) >= 11 is 0. The van der Waals surface area contributed by atoms with Gasteiger partial charge in [-0.1, -0.05) is 24.3 Å². The Balaban J connectivity index is 2.37. The summed E-state index contributed by atoms with van der Waals surface area (Å²) in [5.74, 6) is -1.61. The van der Waals surface area contributed by atoms with E-state index in [9.17, 15) is 18.0 Å². The third-order valence-corrected chi connectivity index (χ3v) is 3.54. The van der Waals surface area contributed by atoms with E-state index in [1.807, 2.05) is 0 Å². The Morgan fingerprint density at radius 1 is 0.947 bits per heavy atom. The van der Waals surface area contributed by atoms with Gasteiger partial charge in [-0.2, -0.15) is 8.42 Å². The minimum atomic E-state index is -4.57. The Bertz CT molecular complexity index is 828. The smallest absolute Gasteiger partial charge is 0.328 e. The maximum atomic E-state index is 11.8. The maximum Gasteiger partial charge on any atom is 0.328 e. The standard InChI is InChI=1S/C12H6O6S/c13-10-6-3-1-2-4-7(6)12-8(11(10)14)5-9(18-12)19(15,16)17/h1-5H,(H,15,16,17). The van der Waals surface area contributed by atoms with Crippen LogP contribution in [0.15, 0.2) is 39.8 Å². The van der Waals surface area contributed by atoms with E-state index < -0.39 is 26.8 Å². The Labute approximate surface area is 107 Å². The fraction of sp³-hybridized carbons (Fsp3) is 0. The van der Waals surface area contributed by atoms with Crippen molar-refractivity contribution < 1.29 is 27.0 Å². The first kappa shape index (κ1) is 11.8. The molecular weight excluding hydrogens is 272 g/mol. The van der Waals surface area contributed by atoms with Gasteiger partial charge in [0, 0.05) is 17.2 Å². The van der Waals surface area contributed by atoms with Gasteiger partial charge < -0.3 is 4.42 Å². The number of carbonyl (C=O) groups is 2. The molecule has 1 N–H and O–H groups in total. The Kier molecular flexibility index (Phi) is 2.25. The zero-order valence-corrected chi connectivity index (χ0v) is 10.1. The molecule has 0 atom stereocenters.